The maximum absolute atomic E-state index is 11.0. The van der Waals surface area contributed by atoms with Crippen LogP contribution in [0.5, 0.6) is 0 Å². The van der Waals surface area contributed by atoms with Crippen molar-refractivity contribution in [3.63, 3.8) is 0 Å². The highest BCUT2D eigenvalue weighted by atomic mass is 16.5. The van der Waals surface area contributed by atoms with Crippen LogP contribution in [0.15, 0.2) is 12.2 Å². The monoisotopic (exact) mass is 254 g/mol. The van der Waals surface area contributed by atoms with Crippen molar-refractivity contribution < 1.29 is 19.4 Å². The second-order valence-corrected chi connectivity index (χ2v) is 5.20. The van der Waals surface area contributed by atoms with E-state index in [0.29, 0.717) is 6.42 Å². The molecule has 2 aliphatic heterocycles. The fourth-order valence-corrected chi connectivity index (χ4v) is 2.68. The van der Waals surface area contributed by atoms with Crippen LogP contribution < -0.4 is 0 Å². The number of ether oxygens (including phenoxy) is 2. The van der Waals surface area contributed by atoms with Gasteiger partial charge in [0.15, 0.2) is 0 Å². The summed E-state index contributed by atoms with van der Waals surface area (Å²) in [5.74, 6) is -0.0769. The van der Waals surface area contributed by atoms with Crippen LogP contribution >= 0.6 is 0 Å². The van der Waals surface area contributed by atoms with Crippen LogP contribution in [0.2, 0.25) is 0 Å². The van der Waals surface area contributed by atoms with Crippen LogP contribution in [0.25, 0.3) is 0 Å². The molecule has 2 fully saturated rings. The normalized spacial score (nSPS) is 31.9. The third kappa shape index (κ3) is 3.56. The van der Waals surface area contributed by atoms with Gasteiger partial charge in [-0.15, -0.1) is 0 Å². The zero-order chi connectivity index (χ0) is 13.0. The number of cyclic esters (lactones) is 1. The number of carbonyl (C=O) groups is 1. The molecule has 0 aromatic carbocycles. The molecule has 2 heterocycles. The van der Waals surface area contributed by atoms with Gasteiger partial charge in [0.05, 0.1) is 12.2 Å². The summed E-state index contributed by atoms with van der Waals surface area (Å²) in [6, 6.07) is 0. The molecule has 0 aliphatic carbocycles. The summed E-state index contributed by atoms with van der Waals surface area (Å²) < 4.78 is 11.1. The molecule has 18 heavy (non-hydrogen) atoms. The highest BCUT2D eigenvalue weighted by Gasteiger charge is 2.30. The number of aliphatic hydroxyl groups excluding tert-OH is 1. The molecule has 2 rings (SSSR count). The Balaban J connectivity index is 1.69. The maximum atomic E-state index is 11.0. The van der Waals surface area contributed by atoms with E-state index >= 15 is 0 Å². The number of rotatable bonds is 6. The number of carbonyl (C=O) groups excluding carboxylic acids is 1. The van der Waals surface area contributed by atoms with E-state index in [1.807, 2.05) is 0 Å². The molecular formula is C14H22O4. The third-order valence-corrected chi connectivity index (χ3v) is 3.71. The van der Waals surface area contributed by atoms with Crippen LogP contribution in [-0.2, 0) is 14.3 Å². The van der Waals surface area contributed by atoms with E-state index < -0.39 is 0 Å². The number of esters is 1. The highest BCUT2D eigenvalue weighted by molar-refractivity contribution is 5.71. The quantitative estimate of drug-likeness (QED) is 0.581. The molecule has 0 spiro atoms. The third-order valence-electron chi connectivity index (χ3n) is 3.71. The van der Waals surface area contributed by atoms with E-state index in [4.69, 9.17) is 14.6 Å². The van der Waals surface area contributed by atoms with E-state index in [1.54, 1.807) is 0 Å². The van der Waals surface area contributed by atoms with Gasteiger partial charge in [0.1, 0.15) is 6.10 Å². The zero-order valence-corrected chi connectivity index (χ0v) is 10.8. The van der Waals surface area contributed by atoms with Crippen molar-refractivity contribution in [3.8, 4) is 0 Å². The van der Waals surface area contributed by atoms with Crippen molar-refractivity contribution in [3.05, 3.63) is 12.2 Å². The second kappa shape index (κ2) is 6.34. The molecule has 0 radical (unpaired) electrons. The standard InChI is InChI=1S/C14H22O4/c1-10-9-12(3-2-8-15)17-13(10)6-4-11-5-7-14(16)18-11/h11-13,15H,1-9H2/t11-,12?,13+/m1/s1. The van der Waals surface area contributed by atoms with Crippen molar-refractivity contribution in [1.29, 1.82) is 0 Å². The van der Waals surface area contributed by atoms with Gasteiger partial charge in [-0.2, -0.15) is 0 Å². The van der Waals surface area contributed by atoms with Gasteiger partial charge in [0.25, 0.3) is 0 Å². The number of hydrogen-bond donors (Lipinski definition) is 1. The van der Waals surface area contributed by atoms with Crippen molar-refractivity contribution in [2.24, 2.45) is 0 Å². The van der Waals surface area contributed by atoms with E-state index in [1.165, 1.54) is 0 Å². The predicted molar refractivity (Wildman–Crippen MR) is 67.1 cm³/mol. The molecule has 1 N–H and O–H groups in total. The lowest BCUT2D eigenvalue weighted by Crippen LogP contribution is -2.15. The fraction of sp³-hybridized carbons (Fsp3) is 0.786. The lowest BCUT2D eigenvalue weighted by atomic mass is 10.0. The van der Waals surface area contributed by atoms with Gasteiger partial charge in [-0.25, -0.2) is 0 Å². The molecule has 102 valence electrons. The Kier molecular flexibility index (Phi) is 4.78. The minimum Gasteiger partial charge on any atom is -0.462 e. The molecule has 0 amide bonds. The molecule has 0 bridgehead atoms. The van der Waals surface area contributed by atoms with Crippen molar-refractivity contribution in [2.75, 3.05) is 6.61 Å². The molecule has 1 unspecified atom stereocenters. The molecular weight excluding hydrogens is 232 g/mol. The van der Waals surface area contributed by atoms with Gasteiger partial charge in [-0.3, -0.25) is 4.79 Å². The van der Waals surface area contributed by atoms with Crippen LogP contribution in [-0.4, -0.2) is 36.0 Å². The minimum atomic E-state index is -0.0769. The Morgan fingerprint density at radius 1 is 1.28 bits per heavy atom. The molecule has 4 nitrogen and oxygen atoms in total. The van der Waals surface area contributed by atoms with E-state index in [0.717, 1.165) is 44.1 Å². The summed E-state index contributed by atoms with van der Waals surface area (Å²) in [6.07, 6.45) is 6.10. The van der Waals surface area contributed by atoms with Gasteiger partial charge >= 0.3 is 5.97 Å². The second-order valence-electron chi connectivity index (χ2n) is 5.20. The molecule has 0 aromatic heterocycles. The van der Waals surface area contributed by atoms with Crippen molar-refractivity contribution in [2.45, 2.75) is 63.3 Å². The zero-order valence-electron chi connectivity index (χ0n) is 10.8. The first-order valence-electron chi connectivity index (χ1n) is 6.82. The van der Waals surface area contributed by atoms with E-state index in [2.05, 4.69) is 6.58 Å². The summed E-state index contributed by atoms with van der Waals surface area (Å²) in [6.45, 7) is 4.28. The molecule has 0 aromatic rings. The number of hydrogen-bond acceptors (Lipinski definition) is 4. The predicted octanol–water partition coefficient (Wildman–Crippen LogP) is 1.96. The topological polar surface area (TPSA) is 55.8 Å². The van der Waals surface area contributed by atoms with Gasteiger partial charge in [0, 0.05) is 13.0 Å². The largest absolute Gasteiger partial charge is 0.462 e. The first kappa shape index (κ1) is 13.6. The Morgan fingerprint density at radius 3 is 2.78 bits per heavy atom. The lowest BCUT2D eigenvalue weighted by molar-refractivity contribution is -0.141. The maximum Gasteiger partial charge on any atom is 0.306 e. The van der Waals surface area contributed by atoms with Gasteiger partial charge in [0.2, 0.25) is 0 Å². The summed E-state index contributed by atoms with van der Waals surface area (Å²) in [4.78, 5) is 11.0. The Morgan fingerprint density at radius 2 is 2.11 bits per heavy atom. The Labute approximate surface area is 108 Å². The summed E-state index contributed by atoms with van der Waals surface area (Å²) in [5.41, 5.74) is 1.14. The molecule has 0 saturated carbocycles. The minimum absolute atomic E-state index is 0.0744. The van der Waals surface area contributed by atoms with Crippen molar-refractivity contribution >= 4 is 5.97 Å². The van der Waals surface area contributed by atoms with Gasteiger partial charge in [-0.1, -0.05) is 6.58 Å². The van der Waals surface area contributed by atoms with Crippen molar-refractivity contribution in [1.82, 2.24) is 0 Å². The van der Waals surface area contributed by atoms with Crippen LogP contribution in [0.4, 0.5) is 0 Å². The summed E-state index contributed by atoms with van der Waals surface area (Å²) in [5, 5.41) is 8.80. The van der Waals surface area contributed by atoms with Gasteiger partial charge < -0.3 is 14.6 Å². The molecule has 2 aliphatic rings. The summed E-state index contributed by atoms with van der Waals surface area (Å²) >= 11 is 0. The van der Waals surface area contributed by atoms with Crippen LogP contribution in [0, 0.1) is 0 Å². The van der Waals surface area contributed by atoms with E-state index in [9.17, 15) is 4.79 Å². The fourth-order valence-electron chi connectivity index (χ4n) is 2.68. The average molecular weight is 254 g/mol. The SMILES string of the molecule is C=C1CC(CCCO)O[C@H]1CC[C@@H]1CCC(=O)O1. The lowest BCUT2D eigenvalue weighted by Gasteiger charge is -2.15. The smallest absolute Gasteiger partial charge is 0.306 e. The molecule has 4 heteroatoms. The van der Waals surface area contributed by atoms with E-state index in [-0.39, 0.29) is 30.9 Å². The Bertz CT molecular complexity index is 313. The van der Waals surface area contributed by atoms with Gasteiger partial charge in [-0.05, 0) is 44.1 Å². The average Bonchev–Trinajstić information content (AvgIpc) is 2.90. The Hall–Kier alpha value is -0.870. The molecule has 2 saturated heterocycles. The number of aliphatic hydroxyl groups is 1. The highest BCUT2D eigenvalue weighted by Crippen LogP contribution is 2.31. The first-order chi connectivity index (χ1) is 8.69. The van der Waals surface area contributed by atoms with Crippen LogP contribution in [0.3, 0.4) is 0 Å². The van der Waals surface area contributed by atoms with Crippen LogP contribution in [0.1, 0.15) is 44.9 Å². The molecule has 3 atom stereocenters. The first-order valence-corrected chi connectivity index (χ1v) is 6.82. The summed E-state index contributed by atoms with van der Waals surface area (Å²) in [7, 11) is 0.